The molecule has 0 aromatic heterocycles. The van der Waals surface area contributed by atoms with Crippen molar-refractivity contribution < 1.29 is 23.9 Å². The third-order valence-corrected chi connectivity index (χ3v) is 6.72. The molecule has 1 aromatic carbocycles. The van der Waals surface area contributed by atoms with E-state index in [0.717, 1.165) is 44.1 Å². The SMILES string of the molecule is COc1ccc(C[C@H](NC(C)=O)C(=O)NC2CCN(C(=O)C3CCCCC3)CC2)c(OC)c1. The smallest absolute Gasteiger partial charge is 0.243 e. The largest absolute Gasteiger partial charge is 0.497 e. The first-order valence-electron chi connectivity index (χ1n) is 12.0. The van der Waals surface area contributed by atoms with E-state index in [0.29, 0.717) is 31.0 Å². The molecule has 1 saturated carbocycles. The summed E-state index contributed by atoms with van der Waals surface area (Å²) in [6, 6.07) is 4.68. The van der Waals surface area contributed by atoms with Crippen molar-refractivity contribution in [2.75, 3.05) is 27.3 Å². The molecular formula is C25H37N3O5. The molecule has 0 bridgehead atoms. The molecule has 1 atom stereocenters. The average molecular weight is 460 g/mol. The summed E-state index contributed by atoms with van der Waals surface area (Å²) in [5.41, 5.74) is 0.806. The molecule has 2 fully saturated rings. The highest BCUT2D eigenvalue weighted by molar-refractivity contribution is 5.87. The van der Waals surface area contributed by atoms with Gasteiger partial charge in [0.05, 0.1) is 14.2 Å². The second-order valence-corrected chi connectivity index (χ2v) is 9.08. The van der Waals surface area contributed by atoms with Crippen molar-refractivity contribution >= 4 is 17.7 Å². The summed E-state index contributed by atoms with van der Waals surface area (Å²) in [6.45, 7) is 2.73. The molecule has 1 heterocycles. The van der Waals surface area contributed by atoms with Gasteiger partial charge in [-0.2, -0.15) is 0 Å². The molecule has 3 rings (SSSR count). The first-order chi connectivity index (χ1) is 15.9. The minimum Gasteiger partial charge on any atom is -0.497 e. The van der Waals surface area contributed by atoms with Gasteiger partial charge in [0.15, 0.2) is 0 Å². The topological polar surface area (TPSA) is 97.0 Å². The lowest BCUT2D eigenvalue weighted by Crippen LogP contribution is -2.53. The van der Waals surface area contributed by atoms with E-state index in [9.17, 15) is 14.4 Å². The molecule has 8 heteroatoms. The lowest BCUT2D eigenvalue weighted by molar-refractivity contribution is -0.138. The molecule has 1 aliphatic heterocycles. The Bertz CT molecular complexity index is 829. The molecule has 1 aliphatic carbocycles. The van der Waals surface area contributed by atoms with E-state index in [1.54, 1.807) is 26.4 Å². The Morgan fingerprint density at radius 2 is 1.73 bits per heavy atom. The number of carbonyl (C=O) groups is 3. The van der Waals surface area contributed by atoms with Gasteiger partial charge in [-0.05, 0) is 37.3 Å². The normalized spacial score (nSPS) is 18.3. The second-order valence-electron chi connectivity index (χ2n) is 9.08. The predicted molar refractivity (Wildman–Crippen MR) is 125 cm³/mol. The Kier molecular flexibility index (Phi) is 8.97. The van der Waals surface area contributed by atoms with Gasteiger partial charge in [0.1, 0.15) is 17.5 Å². The first kappa shape index (κ1) is 24.9. The van der Waals surface area contributed by atoms with E-state index in [-0.39, 0.29) is 29.7 Å². The first-order valence-corrected chi connectivity index (χ1v) is 12.0. The number of hydrogen-bond acceptors (Lipinski definition) is 5. The van der Waals surface area contributed by atoms with E-state index in [2.05, 4.69) is 10.6 Å². The van der Waals surface area contributed by atoms with Crippen LogP contribution in [-0.2, 0) is 20.8 Å². The summed E-state index contributed by atoms with van der Waals surface area (Å²) in [4.78, 5) is 39.6. The number of nitrogens with zero attached hydrogens (tertiary/aromatic N) is 1. The molecular weight excluding hydrogens is 422 g/mol. The van der Waals surface area contributed by atoms with E-state index >= 15 is 0 Å². The van der Waals surface area contributed by atoms with Crippen LogP contribution in [0.25, 0.3) is 0 Å². The maximum Gasteiger partial charge on any atom is 0.243 e. The number of hydrogen-bond donors (Lipinski definition) is 2. The van der Waals surface area contributed by atoms with Crippen LogP contribution in [0.1, 0.15) is 57.4 Å². The lowest BCUT2D eigenvalue weighted by Gasteiger charge is -2.36. The zero-order valence-electron chi connectivity index (χ0n) is 20.0. The molecule has 0 spiro atoms. The van der Waals surface area contributed by atoms with Crippen molar-refractivity contribution in [3.63, 3.8) is 0 Å². The fraction of sp³-hybridized carbons (Fsp3) is 0.640. The molecule has 33 heavy (non-hydrogen) atoms. The molecule has 0 unspecified atom stereocenters. The standard InChI is InChI=1S/C25H37N3O5/c1-17(29)26-22(15-19-9-10-21(32-2)16-23(19)33-3)24(30)27-20-11-13-28(14-12-20)25(31)18-7-5-4-6-8-18/h9-10,16,18,20,22H,4-8,11-15H2,1-3H3,(H,26,29)(H,27,30)/t22-/m0/s1. The Morgan fingerprint density at radius 3 is 2.33 bits per heavy atom. The highest BCUT2D eigenvalue weighted by Crippen LogP contribution is 2.27. The van der Waals surface area contributed by atoms with Gasteiger partial charge >= 0.3 is 0 Å². The number of ether oxygens (including phenoxy) is 2. The number of piperidine rings is 1. The monoisotopic (exact) mass is 459 g/mol. The zero-order valence-corrected chi connectivity index (χ0v) is 20.0. The Morgan fingerprint density at radius 1 is 1.03 bits per heavy atom. The van der Waals surface area contributed by atoms with Crippen LogP contribution in [0.4, 0.5) is 0 Å². The van der Waals surface area contributed by atoms with Crippen molar-refractivity contribution in [2.24, 2.45) is 5.92 Å². The van der Waals surface area contributed by atoms with Crippen LogP contribution in [0.3, 0.4) is 0 Å². The molecule has 2 aliphatic rings. The van der Waals surface area contributed by atoms with Crippen molar-refractivity contribution in [2.45, 2.75) is 70.4 Å². The third-order valence-electron chi connectivity index (χ3n) is 6.72. The quantitative estimate of drug-likeness (QED) is 0.622. The van der Waals surface area contributed by atoms with Crippen molar-refractivity contribution in [3.05, 3.63) is 23.8 Å². The Hall–Kier alpha value is -2.77. The molecule has 8 nitrogen and oxygen atoms in total. The van der Waals surface area contributed by atoms with E-state index < -0.39 is 6.04 Å². The van der Waals surface area contributed by atoms with Gasteiger partial charge in [-0.1, -0.05) is 25.3 Å². The number of benzene rings is 1. The predicted octanol–water partition coefficient (Wildman–Crippen LogP) is 2.44. The molecule has 1 saturated heterocycles. The van der Waals surface area contributed by atoms with Crippen LogP contribution in [0.5, 0.6) is 11.5 Å². The second kappa shape index (κ2) is 11.9. The Labute approximate surface area is 196 Å². The van der Waals surface area contributed by atoms with E-state index in [1.807, 2.05) is 11.0 Å². The summed E-state index contributed by atoms with van der Waals surface area (Å²) >= 11 is 0. The van der Waals surface area contributed by atoms with Gasteiger partial charge in [0, 0.05) is 44.5 Å². The highest BCUT2D eigenvalue weighted by Gasteiger charge is 2.31. The summed E-state index contributed by atoms with van der Waals surface area (Å²) in [6.07, 6.45) is 7.28. The minimum atomic E-state index is -0.716. The van der Waals surface area contributed by atoms with Crippen molar-refractivity contribution in [1.29, 1.82) is 0 Å². The molecule has 3 amide bonds. The van der Waals surface area contributed by atoms with Crippen molar-refractivity contribution in [3.8, 4) is 11.5 Å². The summed E-state index contributed by atoms with van der Waals surface area (Å²) in [7, 11) is 3.14. The number of amides is 3. The summed E-state index contributed by atoms with van der Waals surface area (Å²) < 4.78 is 10.7. The molecule has 182 valence electrons. The maximum atomic E-state index is 13.1. The van der Waals surface area contributed by atoms with Crippen LogP contribution in [0, 0.1) is 5.92 Å². The van der Waals surface area contributed by atoms with Gasteiger partial charge in [0.2, 0.25) is 17.7 Å². The van der Waals surface area contributed by atoms with Crippen LogP contribution >= 0.6 is 0 Å². The molecule has 1 aromatic rings. The van der Waals surface area contributed by atoms with Crippen molar-refractivity contribution in [1.82, 2.24) is 15.5 Å². The number of nitrogens with one attached hydrogen (secondary N) is 2. The van der Waals surface area contributed by atoms with Crippen LogP contribution in [0.2, 0.25) is 0 Å². The van der Waals surface area contributed by atoms with Gasteiger partial charge in [0.25, 0.3) is 0 Å². The summed E-state index contributed by atoms with van der Waals surface area (Å²) in [5.74, 6) is 1.23. The molecule has 2 N–H and O–H groups in total. The zero-order chi connectivity index (χ0) is 23.8. The average Bonchev–Trinajstić information content (AvgIpc) is 2.84. The van der Waals surface area contributed by atoms with Crippen LogP contribution in [0.15, 0.2) is 18.2 Å². The van der Waals surface area contributed by atoms with Gasteiger partial charge in [-0.3, -0.25) is 14.4 Å². The van der Waals surface area contributed by atoms with Crippen LogP contribution in [-0.4, -0.2) is 62.0 Å². The fourth-order valence-electron chi connectivity index (χ4n) is 4.85. The number of carbonyl (C=O) groups excluding carboxylic acids is 3. The summed E-state index contributed by atoms with van der Waals surface area (Å²) in [5, 5.41) is 5.85. The number of rotatable bonds is 8. The van der Waals surface area contributed by atoms with Gasteiger partial charge in [-0.25, -0.2) is 0 Å². The highest BCUT2D eigenvalue weighted by atomic mass is 16.5. The lowest BCUT2D eigenvalue weighted by atomic mass is 9.87. The van der Waals surface area contributed by atoms with E-state index in [1.165, 1.54) is 13.3 Å². The van der Waals surface area contributed by atoms with Gasteiger partial charge < -0.3 is 25.0 Å². The maximum absolute atomic E-state index is 13.1. The van der Waals surface area contributed by atoms with Crippen LogP contribution < -0.4 is 20.1 Å². The fourth-order valence-corrected chi connectivity index (χ4v) is 4.85. The van der Waals surface area contributed by atoms with Gasteiger partial charge in [-0.15, -0.1) is 0 Å². The minimum absolute atomic E-state index is 0.0121. The molecule has 0 radical (unpaired) electrons. The van der Waals surface area contributed by atoms with E-state index in [4.69, 9.17) is 9.47 Å². The number of methoxy groups -OCH3 is 2. The number of likely N-dealkylation sites (tertiary alicyclic amines) is 1. The Balaban J connectivity index is 1.57. The third kappa shape index (κ3) is 6.85.